The molecule has 0 radical (unpaired) electrons. The molecular formula is C16H36B-. The van der Waals surface area contributed by atoms with Crippen LogP contribution in [-0.2, 0) is 0 Å². The molecule has 0 aromatic heterocycles. The van der Waals surface area contributed by atoms with Crippen molar-refractivity contribution in [1.29, 1.82) is 0 Å². The van der Waals surface area contributed by atoms with Crippen molar-refractivity contribution in [2.24, 2.45) is 0 Å². The second kappa shape index (κ2) is 6.30. The maximum absolute atomic E-state index is 2.48. The smallest absolute Gasteiger partial charge is 0.0112 e. The molecule has 0 bridgehead atoms. The Labute approximate surface area is 111 Å². The Morgan fingerprint density at radius 2 is 0.941 bits per heavy atom. The average molecular weight is 239 g/mol. The van der Waals surface area contributed by atoms with Crippen LogP contribution in [0.25, 0.3) is 0 Å². The van der Waals surface area contributed by atoms with E-state index in [1.165, 1.54) is 38.3 Å². The second-order valence-corrected chi connectivity index (χ2v) is 8.27. The number of unbranched alkanes of at least 4 members (excludes halogenated alkanes) is 2. The molecule has 0 unspecified atom stereocenters. The van der Waals surface area contributed by atoms with Crippen molar-refractivity contribution in [3.8, 4) is 0 Å². The minimum atomic E-state index is -0.295. The zero-order chi connectivity index (χ0) is 13.7. The molecule has 0 fully saturated rings. The summed E-state index contributed by atoms with van der Waals surface area (Å²) in [5.41, 5.74) is 0. The lowest BCUT2D eigenvalue weighted by Gasteiger charge is -2.61. The normalized spacial score (nSPS) is 14.1. The Kier molecular flexibility index (Phi) is 6.32. The third-order valence-corrected chi connectivity index (χ3v) is 5.42. The fourth-order valence-corrected chi connectivity index (χ4v) is 4.28. The fraction of sp³-hybridized carbons (Fsp3) is 1.00. The summed E-state index contributed by atoms with van der Waals surface area (Å²) in [5.74, 6) is 0. The van der Waals surface area contributed by atoms with Gasteiger partial charge in [-0.25, -0.2) is 0 Å². The average Bonchev–Trinajstić information content (AvgIpc) is 2.14. The molecule has 1 heteroatoms. The Morgan fingerprint density at radius 3 is 1.12 bits per heavy atom. The van der Waals surface area contributed by atoms with E-state index in [1.54, 1.807) is 0 Å². The maximum atomic E-state index is 2.48. The van der Waals surface area contributed by atoms with E-state index in [1.807, 2.05) is 0 Å². The molecule has 17 heavy (non-hydrogen) atoms. The number of rotatable bonds is 6. The molecular weight excluding hydrogens is 203 g/mol. The van der Waals surface area contributed by atoms with E-state index in [-0.39, 0.29) is 6.15 Å². The van der Waals surface area contributed by atoms with E-state index >= 15 is 0 Å². The zero-order valence-electron chi connectivity index (χ0n) is 13.8. The SMILES string of the molecule is CCCC[B-](CCCC)(C(C)(C)C)C(C)(C)C. The molecule has 0 nitrogen and oxygen atoms in total. The highest BCUT2D eigenvalue weighted by molar-refractivity contribution is 6.85. The molecule has 0 heterocycles. The highest BCUT2D eigenvalue weighted by atomic mass is 14.3. The molecule has 104 valence electrons. The first-order valence-corrected chi connectivity index (χ1v) is 7.81. The molecule has 0 spiro atoms. The summed E-state index contributed by atoms with van der Waals surface area (Å²) >= 11 is 0. The van der Waals surface area contributed by atoms with Gasteiger partial charge >= 0.3 is 0 Å². The lowest BCUT2D eigenvalue weighted by molar-refractivity contribution is 0.582. The van der Waals surface area contributed by atoms with Crippen molar-refractivity contribution in [3.05, 3.63) is 0 Å². The fourth-order valence-electron chi connectivity index (χ4n) is 4.28. The van der Waals surface area contributed by atoms with Gasteiger partial charge in [-0.3, -0.25) is 0 Å². The van der Waals surface area contributed by atoms with E-state index in [0.29, 0.717) is 10.6 Å². The Bertz CT molecular complexity index is 181. The van der Waals surface area contributed by atoms with Crippen LogP contribution in [0, 0.1) is 0 Å². The van der Waals surface area contributed by atoms with Crippen LogP contribution in [0.3, 0.4) is 0 Å². The van der Waals surface area contributed by atoms with Crippen LogP contribution in [0.1, 0.15) is 81.1 Å². The molecule has 0 saturated heterocycles. The van der Waals surface area contributed by atoms with Crippen LogP contribution in [0.2, 0.25) is 23.3 Å². The largest absolute Gasteiger partial charge is 0.177 e. The predicted molar refractivity (Wildman–Crippen MR) is 84.6 cm³/mol. The van der Waals surface area contributed by atoms with Gasteiger partial charge in [0.15, 0.2) is 0 Å². The van der Waals surface area contributed by atoms with Crippen molar-refractivity contribution in [3.63, 3.8) is 0 Å². The van der Waals surface area contributed by atoms with Crippen molar-refractivity contribution < 1.29 is 0 Å². The van der Waals surface area contributed by atoms with Gasteiger partial charge in [0.25, 0.3) is 0 Å². The van der Waals surface area contributed by atoms with Crippen LogP contribution in [0.4, 0.5) is 0 Å². The van der Waals surface area contributed by atoms with Gasteiger partial charge < -0.3 is 0 Å². The highest BCUT2D eigenvalue weighted by Crippen LogP contribution is 2.56. The maximum Gasteiger partial charge on any atom is 0.0112 e. The van der Waals surface area contributed by atoms with Crippen LogP contribution in [0.5, 0.6) is 0 Å². The first-order chi connectivity index (χ1) is 7.62. The molecule has 0 aromatic carbocycles. The second-order valence-electron chi connectivity index (χ2n) is 8.27. The van der Waals surface area contributed by atoms with Crippen LogP contribution in [0.15, 0.2) is 0 Å². The Hall–Kier alpha value is 0.0649. The molecule has 0 N–H and O–H groups in total. The van der Waals surface area contributed by atoms with Gasteiger partial charge in [0.2, 0.25) is 0 Å². The highest BCUT2D eigenvalue weighted by Gasteiger charge is 2.42. The van der Waals surface area contributed by atoms with Crippen LogP contribution in [-0.4, -0.2) is 6.15 Å². The van der Waals surface area contributed by atoms with Crippen molar-refractivity contribution >= 4 is 6.15 Å². The molecule has 0 aromatic rings. The van der Waals surface area contributed by atoms with Crippen molar-refractivity contribution in [1.82, 2.24) is 0 Å². The topological polar surface area (TPSA) is 0 Å². The summed E-state index contributed by atoms with van der Waals surface area (Å²) in [6.07, 6.45) is 8.07. The summed E-state index contributed by atoms with van der Waals surface area (Å²) in [4.78, 5) is 0. The van der Waals surface area contributed by atoms with Gasteiger partial charge in [-0.05, 0) is 0 Å². The minimum absolute atomic E-state index is 0.295. The van der Waals surface area contributed by atoms with Crippen molar-refractivity contribution in [2.75, 3.05) is 0 Å². The number of hydrogen-bond donors (Lipinski definition) is 0. The molecule has 0 amide bonds. The van der Waals surface area contributed by atoms with Gasteiger partial charge in [-0.2, -0.15) is 23.3 Å². The van der Waals surface area contributed by atoms with Gasteiger partial charge in [0.1, 0.15) is 0 Å². The first kappa shape index (κ1) is 17.1. The van der Waals surface area contributed by atoms with E-state index in [2.05, 4.69) is 55.4 Å². The molecule has 0 saturated carbocycles. The van der Waals surface area contributed by atoms with Crippen LogP contribution < -0.4 is 0 Å². The Morgan fingerprint density at radius 1 is 0.647 bits per heavy atom. The standard InChI is InChI=1S/C16H36B/c1-9-11-13-17(14-12-10-2,15(3,4)5)16(6,7)8/h9-14H2,1-8H3/q-1. The Balaban J connectivity index is 5.22. The monoisotopic (exact) mass is 239 g/mol. The molecule has 0 aliphatic carbocycles. The molecule has 0 rings (SSSR count). The molecule has 0 atom stereocenters. The van der Waals surface area contributed by atoms with Crippen LogP contribution >= 0.6 is 0 Å². The zero-order valence-corrected chi connectivity index (χ0v) is 13.8. The van der Waals surface area contributed by atoms with E-state index in [4.69, 9.17) is 0 Å². The predicted octanol–water partition coefficient (Wildman–Crippen LogP) is 6.64. The summed E-state index contributed by atoms with van der Waals surface area (Å²) < 4.78 is 0. The minimum Gasteiger partial charge on any atom is -0.177 e. The van der Waals surface area contributed by atoms with E-state index in [9.17, 15) is 0 Å². The molecule has 0 aliphatic heterocycles. The van der Waals surface area contributed by atoms with Gasteiger partial charge in [0, 0.05) is 6.15 Å². The number of hydrogen-bond acceptors (Lipinski definition) is 0. The lowest BCUT2D eigenvalue weighted by atomic mass is 9.03. The third-order valence-electron chi connectivity index (χ3n) is 5.42. The molecule has 0 aliphatic rings. The quantitative estimate of drug-likeness (QED) is 0.456. The summed E-state index contributed by atoms with van der Waals surface area (Å²) in [6, 6.07) is 0. The summed E-state index contributed by atoms with van der Waals surface area (Å²) in [5, 5.41) is 0.922. The van der Waals surface area contributed by atoms with Gasteiger partial charge in [-0.1, -0.05) is 81.1 Å². The van der Waals surface area contributed by atoms with E-state index in [0.717, 1.165) is 0 Å². The van der Waals surface area contributed by atoms with E-state index < -0.39 is 0 Å². The lowest BCUT2D eigenvalue weighted by Crippen LogP contribution is -2.51. The van der Waals surface area contributed by atoms with Gasteiger partial charge in [0.05, 0.1) is 0 Å². The summed E-state index contributed by atoms with van der Waals surface area (Å²) in [6.45, 7) is 19.5. The first-order valence-electron chi connectivity index (χ1n) is 7.81. The third kappa shape index (κ3) is 4.03. The van der Waals surface area contributed by atoms with Gasteiger partial charge in [-0.15, -0.1) is 0 Å². The van der Waals surface area contributed by atoms with Crippen molar-refractivity contribution in [2.45, 2.75) is 104 Å². The summed E-state index contributed by atoms with van der Waals surface area (Å²) in [7, 11) is 0.